The lowest BCUT2D eigenvalue weighted by Gasteiger charge is -2.27. The summed E-state index contributed by atoms with van der Waals surface area (Å²) in [5, 5.41) is 0. The molecule has 0 aliphatic heterocycles. The molecule has 0 spiro atoms. The van der Waals surface area contributed by atoms with Crippen molar-refractivity contribution in [3.05, 3.63) is 35.4 Å². The summed E-state index contributed by atoms with van der Waals surface area (Å²) in [6.45, 7) is 4.71. The van der Waals surface area contributed by atoms with Gasteiger partial charge in [-0.1, -0.05) is 45.4 Å². The van der Waals surface area contributed by atoms with Crippen LogP contribution in [0.15, 0.2) is 24.3 Å². The molecule has 1 aromatic rings. The van der Waals surface area contributed by atoms with Crippen LogP contribution in [0, 0.1) is 0 Å². The van der Waals surface area contributed by atoms with Crippen molar-refractivity contribution in [2.45, 2.75) is 77.9 Å². The van der Waals surface area contributed by atoms with Crippen LogP contribution in [-0.2, 0) is 40.3 Å². The second-order valence-electron chi connectivity index (χ2n) is 6.92. The summed E-state index contributed by atoms with van der Waals surface area (Å²) in [6, 6.07) is 5.21. The van der Waals surface area contributed by atoms with E-state index < -0.39 is 38.5 Å². The predicted octanol–water partition coefficient (Wildman–Crippen LogP) is 5.22. The Morgan fingerprint density at radius 2 is 1.35 bits per heavy atom. The Hall–Kier alpha value is -2.36. The Balaban J connectivity index is 2.77. The molecule has 31 heavy (non-hydrogen) atoms. The molecule has 174 valence electrons. The van der Waals surface area contributed by atoms with Gasteiger partial charge in [-0.3, -0.25) is 14.4 Å². The highest BCUT2D eigenvalue weighted by molar-refractivity contribution is 6.65. The molecule has 0 aliphatic rings. The molecule has 0 saturated carbocycles. The Morgan fingerprint density at radius 1 is 0.839 bits per heavy atom. The van der Waals surface area contributed by atoms with Gasteiger partial charge >= 0.3 is 15.0 Å². The van der Waals surface area contributed by atoms with Gasteiger partial charge in [-0.2, -0.15) is 13.2 Å². The van der Waals surface area contributed by atoms with Crippen LogP contribution < -0.4 is 0 Å². The van der Waals surface area contributed by atoms with Crippen LogP contribution in [0.25, 0.3) is 0 Å². The van der Waals surface area contributed by atoms with Gasteiger partial charge in [0.15, 0.2) is 0 Å². The zero-order valence-corrected chi connectivity index (χ0v) is 19.0. The summed E-state index contributed by atoms with van der Waals surface area (Å²) in [5.41, 5.74) is -0.133. The van der Waals surface area contributed by atoms with Crippen LogP contribution in [0.3, 0.4) is 0 Å². The van der Waals surface area contributed by atoms with Crippen molar-refractivity contribution >= 4 is 26.7 Å². The molecule has 0 radical (unpaired) electrons. The fourth-order valence-corrected chi connectivity index (χ4v) is 5.29. The number of hydrogen-bond acceptors (Lipinski definition) is 6. The Morgan fingerprint density at radius 3 is 1.81 bits per heavy atom. The summed E-state index contributed by atoms with van der Waals surface area (Å²) in [4.78, 5) is 35.7. The zero-order chi connectivity index (χ0) is 23.5. The third-order valence-electron chi connectivity index (χ3n) is 4.38. The molecule has 10 heteroatoms. The minimum Gasteiger partial charge on any atom is -0.455 e. The van der Waals surface area contributed by atoms with Gasteiger partial charge < -0.3 is 13.3 Å². The summed E-state index contributed by atoms with van der Waals surface area (Å²) in [6.07, 6.45) is -2.35. The van der Waals surface area contributed by atoms with Gasteiger partial charge in [-0.15, -0.1) is 0 Å². The first-order valence-electron chi connectivity index (χ1n) is 10.4. The predicted molar refractivity (Wildman–Crippen MR) is 109 cm³/mol. The van der Waals surface area contributed by atoms with Gasteiger partial charge in [0.05, 0.1) is 11.6 Å². The van der Waals surface area contributed by atoms with Crippen LogP contribution in [0.1, 0.15) is 70.4 Å². The third-order valence-corrected chi connectivity index (χ3v) is 6.96. The standard InChI is InChI=1S/C21H29F3O6Si/c1-4-18(25)28-31(29-19(26)5-2,30-20(27)6-3)14-9-7-8-11-16-12-10-13-17(15-16)21(22,23)24/h10,12-13,15H,4-9,11,14H2,1-3H3. The molecule has 0 unspecified atom stereocenters. The summed E-state index contributed by atoms with van der Waals surface area (Å²) in [7, 11) is -3.91. The first-order valence-corrected chi connectivity index (χ1v) is 12.3. The lowest BCUT2D eigenvalue weighted by molar-refractivity contribution is -0.150. The molecular weight excluding hydrogens is 433 g/mol. The first-order chi connectivity index (χ1) is 14.5. The topological polar surface area (TPSA) is 78.9 Å². The third kappa shape index (κ3) is 9.54. The van der Waals surface area contributed by atoms with Gasteiger partial charge in [0, 0.05) is 19.3 Å². The van der Waals surface area contributed by atoms with Gasteiger partial charge in [0.2, 0.25) is 0 Å². The van der Waals surface area contributed by atoms with Crippen molar-refractivity contribution in [3.63, 3.8) is 0 Å². The molecule has 0 heterocycles. The maximum absolute atomic E-state index is 12.8. The molecule has 0 saturated heterocycles. The SMILES string of the molecule is CCC(=O)O[Si](CCCCCc1cccc(C(F)(F)F)c1)(OC(=O)CC)OC(=O)CC. The number of alkyl halides is 3. The molecule has 0 atom stereocenters. The number of halogens is 3. The Bertz CT molecular complexity index is 705. The fourth-order valence-electron chi connectivity index (χ4n) is 2.70. The van der Waals surface area contributed by atoms with Gasteiger partial charge in [-0.05, 0) is 30.9 Å². The number of benzene rings is 1. The number of hydrogen-bond donors (Lipinski definition) is 0. The molecule has 1 rings (SSSR count). The van der Waals surface area contributed by atoms with E-state index in [0.29, 0.717) is 31.2 Å². The van der Waals surface area contributed by atoms with Crippen molar-refractivity contribution in [1.82, 2.24) is 0 Å². The fraction of sp³-hybridized carbons (Fsp3) is 0.571. The largest absolute Gasteiger partial charge is 0.705 e. The second kappa shape index (κ2) is 12.5. The highest BCUT2D eigenvalue weighted by atomic mass is 28.4. The molecule has 0 bridgehead atoms. The lowest BCUT2D eigenvalue weighted by Crippen LogP contribution is -2.50. The molecule has 1 aromatic carbocycles. The lowest BCUT2D eigenvalue weighted by atomic mass is 10.0. The van der Waals surface area contributed by atoms with Crippen LogP contribution in [-0.4, -0.2) is 26.7 Å². The maximum Gasteiger partial charge on any atom is 0.705 e. The summed E-state index contributed by atoms with van der Waals surface area (Å²) >= 11 is 0. The average Bonchev–Trinajstić information content (AvgIpc) is 2.72. The van der Waals surface area contributed by atoms with E-state index in [4.69, 9.17) is 13.3 Å². The normalized spacial score (nSPS) is 11.7. The van der Waals surface area contributed by atoms with E-state index >= 15 is 0 Å². The molecular formula is C21H29F3O6Si. The number of rotatable bonds is 12. The van der Waals surface area contributed by atoms with E-state index in [-0.39, 0.29) is 25.3 Å². The Labute approximate surface area is 181 Å². The smallest absolute Gasteiger partial charge is 0.455 e. The molecule has 0 fully saturated rings. The average molecular weight is 463 g/mol. The molecule has 0 amide bonds. The first kappa shape index (κ1) is 26.7. The van der Waals surface area contributed by atoms with Crippen LogP contribution >= 0.6 is 0 Å². The number of carbonyl (C=O) groups is 3. The molecule has 0 aromatic heterocycles. The van der Waals surface area contributed by atoms with E-state index in [1.54, 1.807) is 26.8 Å². The zero-order valence-electron chi connectivity index (χ0n) is 18.0. The number of aryl methyl sites for hydroxylation is 1. The van der Waals surface area contributed by atoms with Crippen molar-refractivity contribution in [1.29, 1.82) is 0 Å². The van der Waals surface area contributed by atoms with Crippen molar-refractivity contribution in [2.75, 3.05) is 0 Å². The molecule has 6 nitrogen and oxygen atoms in total. The highest BCUT2D eigenvalue weighted by Gasteiger charge is 2.52. The van der Waals surface area contributed by atoms with Gasteiger partial charge in [0.1, 0.15) is 0 Å². The number of carbonyl (C=O) groups excluding carboxylic acids is 3. The van der Waals surface area contributed by atoms with E-state index in [0.717, 1.165) is 12.1 Å². The van der Waals surface area contributed by atoms with Crippen molar-refractivity contribution in [2.24, 2.45) is 0 Å². The van der Waals surface area contributed by atoms with Gasteiger partial charge in [0.25, 0.3) is 17.9 Å². The van der Waals surface area contributed by atoms with E-state index in [1.165, 1.54) is 6.07 Å². The van der Waals surface area contributed by atoms with Crippen molar-refractivity contribution < 1.29 is 40.8 Å². The quantitative estimate of drug-likeness (QED) is 0.313. The van der Waals surface area contributed by atoms with Crippen molar-refractivity contribution in [3.8, 4) is 0 Å². The molecule has 0 N–H and O–H groups in total. The maximum atomic E-state index is 12.8. The van der Waals surface area contributed by atoms with Crippen LogP contribution in [0.4, 0.5) is 13.2 Å². The minimum absolute atomic E-state index is 0.0254. The minimum atomic E-state index is -4.39. The monoisotopic (exact) mass is 462 g/mol. The van der Waals surface area contributed by atoms with Crippen LogP contribution in [0.2, 0.25) is 6.04 Å². The Kier molecular flexibility index (Phi) is 10.7. The highest BCUT2D eigenvalue weighted by Crippen LogP contribution is 2.30. The number of unbranched alkanes of at least 4 members (excludes halogenated alkanes) is 2. The summed E-state index contributed by atoms with van der Waals surface area (Å²) < 4.78 is 54.5. The van der Waals surface area contributed by atoms with E-state index in [2.05, 4.69) is 0 Å². The van der Waals surface area contributed by atoms with E-state index in [9.17, 15) is 27.6 Å². The molecule has 0 aliphatic carbocycles. The van der Waals surface area contributed by atoms with Crippen LogP contribution in [0.5, 0.6) is 0 Å². The second-order valence-corrected chi connectivity index (χ2v) is 9.40. The summed E-state index contributed by atoms with van der Waals surface area (Å²) in [5.74, 6) is -1.91. The van der Waals surface area contributed by atoms with Gasteiger partial charge in [-0.25, -0.2) is 0 Å². The van der Waals surface area contributed by atoms with E-state index in [1.807, 2.05) is 0 Å².